The quantitative estimate of drug-likeness (QED) is 0.116. The van der Waals surface area contributed by atoms with Gasteiger partial charge in [-0.2, -0.15) is 15.0 Å². The van der Waals surface area contributed by atoms with Crippen molar-refractivity contribution in [2.24, 2.45) is 0 Å². The van der Waals surface area contributed by atoms with Gasteiger partial charge in [-0.15, -0.1) is 0 Å². The Morgan fingerprint density at radius 1 is 0.614 bits per heavy atom. The predicted molar refractivity (Wildman–Crippen MR) is 169 cm³/mol. The van der Waals surface area contributed by atoms with Crippen molar-refractivity contribution in [3.05, 3.63) is 95.6 Å². The van der Waals surface area contributed by atoms with Crippen LogP contribution in [0.15, 0.2) is 78.9 Å². The van der Waals surface area contributed by atoms with Gasteiger partial charge >= 0.3 is 0 Å². The molecule has 232 valence electrons. The van der Waals surface area contributed by atoms with Gasteiger partial charge in [0, 0.05) is 37.8 Å². The van der Waals surface area contributed by atoms with Crippen molar-refractivity contribution < 1.29 is 23.7 Å². The predicted octanol–water partition coefficient (Wildman–Crippen LogP) is 3.99. The molecule has 12 heteroatoms. The molecule has 3 aromatic carbocycles. The maximum absolute atomic E-state index is 12.0. The molecule has 0 bridgehead atoms. The van der Waals surface area contributed by atoms with Crippen LogP contribution < -0.4 is 30.7 Å². The number of amides is 1. The molecule has 0 saturated carbocycles. The van der Waals surface area contributed by atoms with Gasteiger partial charge in [0.25, 0.3) is 5.91 Å². The first kappa shape index (κ1) is 32.0. The Kier molecular flexibility index (Phi) is 13.0. The van der Waals surface area contributed by atoms with Crippen LogP contribution >= 0.6 is 0 Å². The van der Waals surface area contributed by atoms with E-state index in [1.807, 2.05) is 66.7 Å². The number of methoxy groups -OCH3 is 2. The average molecular weight is 602 g/mol. The van der Waals surface area contributed by atoms with E-state index >= 15 is 0 Å². The van der Waals surface area contributed by atoms with E-state index < -0.39 is 0 Å². The summed E-state index contributed by atoms with van der Waals surface area (Å²) in [5, 5.41) is 12.6. The second kappa shape index (κ2) is 17.9. The molecule has 0 aliphatic carbocycles. The van der Waals surface area contributed by atoms with Crippen LogP contribution in [0, 0.1) is 0 Å². The molecule has 12 nitrogen and oxygen atoms in total. The molecule has 0 unspecified atom stereocenters. The number of rotatable bonds is 19. The zero-order valence-corrected chi connectivity index (χ0v) is 25.0. The molecule has 0 aliphatic heterocycles. The van der Waals surface area contributed by atoms with E-state index in [0.29, 0.717) is 87.5 Å². The maximum atomic E-state index is 12.0. The standard InChI is InChI=1S/C32H39N7O5/c1-41-27-19-25(20-28(21-27)42-2)23-36-32-38-30(37-31(39-32)35-22-24-9-5-3-6-10-24)34-14-16-44-18-17-43-15-13-33-29(40)26-11-7-4-8-12-26/h3-12,19-21H,13-18,22-23H2,1-2H3,(H,33,40)(H3,34,35,36,37,38,39). The molecule has 0 saturated heterocycles. The van der Waals surface area contributed by atoms with Crippen molar-refractivity contribution in [1.82, 2.24) is 20.3 Å². The lowest BCUT2D eigenvalue weighted by molar-refractivity contribution is 0.0519. The van der Waals surface area contributed by atoms with Crippen LogP contribution in [0.25, 0.3) is 0 Å². The Bertz CT molecular complexity index is 1410. The highest BCUT2D eigenvalue weighted by Gasteiger charge is 2.09. The summed E-state index contributed by atoms with van der Waals surface area (Å²) in [6, 6.07) is 24.8. The summed E-state index contributed by atoms with van der Waals surface area (Å²) in [4.78, 5) is 25.6. The van der Waals surface area contributed by atoms with E-state index in [1.54, 1.807) is 26.4 Å². The van der Waals surface area contributed by atoms with Crippen LogP contribution in [-0.4, -0.2) is 74.6 Å². The van der Waals surface area contributed by atoms with Gasteiger partial charge in [0.15, 0.2) is 0 Å². The molecule has 0 spiro atoms. The molecule has 0 fully saturated rings. The fourth-order valence-electron chi connectivity index (χ4n) is 4.02. The van der Waals surface area contributed by atoms with E-state index in [4.69, 9.17) is 18.9 Å². The first-order chi connectivity index (χ1) is 21.6. The summed E-state index contributed by atoms with van der Waals surface area (Å²) < 4.78 is 22.0. The largest absolute Gasteiger partial charge is 0.497 e. The Balaban J connectivity index is 1.22. The Morgan fingerprint density at radius 3 is 1.73 bits per heavy atom. The van der Waals surface area contributed by atoms with Crippen LogP contribution in [0.3, 0.4) is 0 Å². The van der Waals surface area contributed by atoms with Crippen LogP contribution in [0.1, 0.15) is 21.5 Å². The minimum absolute atomic E-state index is 0.118. The molecule has 0 radical (unpaired) electrons. The van der Waals surface area contributed by atoms with Crippen LogP contribution in [0.5, 0.6) is 11.5 Å². The topological polar surface area (TPSA) is 141 Å². The van der Waals surface area contributed by atoms with Crippen molar-refractivity contribution in [1.29, 1.82) is 0 Å². The fourth-order valence-corrected chi connectivity index (χ4v) is 4.02. The van der Waals surface area contributed by atoms with Gasteiger partial charge in [-0.25, -0.2) is 0 Å². The van der Waals surface area contributed by atoms with Crippen LogP contribution in [-0.2, 0) is 22.6 Å². The molecule has 1 amide bonds. The average Bonchev–Trinajstić information content (AvgIpc) is 3.07. The van der Waals surface area contributed by atoms with E-state index in [-0.39, 0.29) is 5.91 Å². The van der Waals surface area contributed by atoms with Crippen LogP contribution in [0.2, 0.25) is 0 Å². The van der Waals surface area contributed by atoms with Gasteiger partial charge in [-0.3, -0.25) is 4.79 Å². The number of nitrogens with one attached hydrogen (secondary N) is 4. The van der Waals surface area contributed by atoms with Gasteiger partial charge in [0.1, 0.15) is 11.5 Å². The van der Waals surface area contributed by atoms with Crippen molar-refractivity contribution in [3.63, 3.8) is 0 Å². The SMILES string of the molecule is COc1cc(CNc2nc(NCCOCCOCCNC(=O)c3ccccc3)nc(NCc3ccccc3)n2)cc(OC)c1. The van der Waals surface area contributed by atoms with Crippen molar-refractivity contribution >= 4 is 23.8 Å². The lowest BCUT2D eigenvalue weighted by Crippen LogP contribution is -2.27. The van der Waals surface area contributed by atoms with Gasteiger partial charge in [0.2, 0.25) is 17.8 Å². The molecule has 44 heavy (non-hydrogen) atoms. The molecular weight excluding hydrogens is 562 g/mol. The zero-order chi connectivity index (χ0) is 30.8. The highest BCUT2D eigenvalue weighted by atomic mass is 16.5. The number of benzene rings is 3. The summed E-state index contributed by atoms with van der Waals surface area (Å²) in [6.45, 7) is 3.61. The van der Waals surface area contributed by atoms with Gasteiger partial charge in [0.05, 0.1) is 40.6 Å². The lowest BCUT2D eigenvalue weighted by atomic mass is 10.2. The molecule has 4 N–H and O–H groups in total. The highest BCUT2D eigenvalue weighted by molar-refractivity contribution is 5.94. The Morgan fingerprint density at radius 2 is 1.14 bits per heavy atom. The molecule has 4 rings (SSSR count). The van der Waals surface area contributed by atoms with Crippen LogP contribution in [0.4, 0.5) is 17.8 Å². The number of carbonyl (C=O) groups excluding carboxylic acids is 1. The summed E-state index contributed by atoms with van der Waals surface area (Å²) in [5.74, 6) is 2.54. The van der Waals surface area contributed by atoms with Gasteiger partial charge < -0.3 is 40.2 Å². The third-order valence-corrected chi connectivity index (χ3v) is 6.26. The smallest absolute Gasteiger partial charge is 0.251 e. The normalized spacial score (nSPS) is 10.6. The van der Waals surface area contributed by atoms with Gasteiger partial charge in [-0.05, 0) is 35.4 Å². The Hall–Kier alpha value is -4.94. The number of hydrogen-bond acceptors (Lipinski definition) is 11. The third-order valence-electron chi connectivity index (χ3n) is 6.26. The number of ether oxygens (including phenoxy) is 4. The number of anilines is 3. The Labute approximate surface area is 257 Å². The molecule has 0 aliphatic rings. The summed E-state index contributed by atoms with van der Waals surface area (Å²) in [6.07, 6.45) is 0. The first-order valence-electron chi connectivity index (χ1n) is 14.3. The molecule has 4 aromatic rings. The molecule has 1 heterocycles. The molecule has 1 aromatic heterocycles. The summed E-state index contributed by atoms with van der Waals surface area (Å²) in [7, 11) is 3.23. The number of aromatic nitrogens is 3. The minimum Gasteiger partial charge on any atom is -0.497 e. The van der Waals surface area contributed by atoms with E-state index in [1.165, 1.54) is 0 Å². The highest BCUT2D eigenvalue weighted by Crippen LogP contribution is 2.23. The van der Waals surface area contributed by atoms with E-state index in [9.17, 15) is 4.79 Å². The minimum atomic E-state index is -0.118. The lowest BCUT2D eigenvalue weighted by Gasteiger charge is -2.13. The monoisotopic (exact) mass is 601 g/mol. The zero-order valence-electron chi connectivity index (χ0n) is 25.0. The maximum Gasteiger partial charge on any atom is 0.251 e. The fraction of sp³-hybridized carbons (Fsp3) is 0.312. The van der Waals surface area contributed by atoms with Gasteiger partial charge in [-0.1, -0.05) is 48.5 Å². The summed E-state index contributed by atoms with van der Waals surface area (Å²) in [5.41, 5.74) is 2.68. The molecule has 0 atom stereocenters. The van der Waals surface area contributed by atoms with Crippen molar-refractivity contribution in [3.8, 4) is 11.5 Å². The van der Waals surface area contributed by atoms with Crippen molar-refractivity contribution in [2.75, 3.05) is 69.7 Å². The molecular formula is C32H39N7O5. The number of hydrogen-bond donors (Lipinski definition) is 4. The van der Waals surface area contributed by atoms with E-state index in [2.05, 4.69) is 36.2 Å². The first-order valence-corrected chi connectivity index (χ1v) is 14.3. The summed E-state index contributed by atoms with van der Waals surface area (Å²) >= 11 is 0. The second-order valence-corrected chi connectivity index (χ2v) is 9.49. The number of carbonyl (C=O) groups is 1. The number of nitrogens with zero attached hydrogens (tertiary/aromatic N) is 3. The second-order valence-electron chi connectivity index (χ2n) is 9.49. The van der Waals surface area contributed by atoms with Crippen molar-refractivity contribution in [2.45, 2.75) is 13.1 Å². The van der Waals surface area contributed by atoms with E-state index in [0.717, 1.165) is 11.1 Å². The third kappa shape index (κ3) is 11.0.